The summed E-state index contributed by atoms with van der Waals surface area (Å²) in [5, 5.41) is 6.44. The molecule has 0 bridgehead atoms. The van der Waals surface area contributed by atoms with Crippen molar-refractivity contribution in [3.63, 3.8) is 0 Å². The second kappa shape index (κ2) is 8.61. The summed E-state index contributed by atoms with van der Waals surface area (Å²) in [5.41, 5.74) is 0. The first-order chi connectivity index (χ1) is 9.56. The fraction of sp³-hybridized carbons (Fsp3) is 0.533. The average molecular weight is 378 g/mol. The molecule has 0 aliphatic carbocycles. The topological polar surface area (TPSA) is 50.4 Å². The first-order valence-electron chi connectivity index (χ1n) is 7.02. The Morgan fingerprint density at radius 3 is 2.71 bits per heavy atom. The van der Waals surface area contributed by atoms with Crippen LogP contribution in [0.1, 0.15) is 26.7 Å². The van der Waals surface area contributed by atoms with Crippen LogP contribution in [0.2, 0.25) is 0 Å². The van der Waals surface area contributed by atoms with Crippen LogP contribution in [0.3, 0.4) is 0 Å². The van der Waals surface area contributed by atoms with E-state index in [2.05, 4.69) is 33.5 Å². The molecule has 4 nitrogen and oxygen atoms in total. The molecule has 0 radical (unpaired) electrons. The summed E-state index contributed by atoms with van der Waals surface area (Å²) in [5.74, 6) is 0.638. The van der Waals surface area contributed by atoms with Gasteiger partial charge in [-0.05, 0) is 57.5 Å². The van der Waals surface area contributed by atoms with Crippen LogP contribution in [0.4, 0.5) is 0 Å². The van der Waals surface area contributed by atoms with Crippen LogP contribution in [0, 0.1) is 0 Å². The van der Waals surface area contributed by atoms with E-state index < -0.39 is 6.10 Å². The van der Waals surface area contributed by atoms with E-state index in [1.165, 1.54) is 0 Å². The molecule has 1 fully saturated rings. The molecule has 3 atom stereocenters. The Balaban J connectivity index is 0.00000220. The van der Waals surface area contributed by atoms with Gasteiger partial charge in [-0.15, -0.1) is 12.4 Å². The molecule has 2 rings (SSSR count). The summed E-state index contributed by atoms with van der Waals surface area (Å²) < 4.78 is 6.64. The molecule has 1 amide bonds. The molecule has 0 aromatic heterocycles. The zero-order chi connectivity index (χ0) is 14.5. The number of rotatable bonds is 4. The largest absolute Gasteiger partial charge is 0.481 e. The Labute approximate surface area is 140 Å². The van der Waals surface area contributed by atoms with Crippen molar-refractivity contribution in [2.45, 2.75) is 44.9 Å². The van der Waals surface area contributed by atoms with Crippen LogP contribution in [-0.2, 0) is 4.79 Å². The van der Waals surface area contributed by atoms with Gasteiger partial charge in [0.2, 0.25) is 0 Å². The van der Waals surface area contributed by atoms with Gasteiger partial charge in [-0.3, -0.25) is 4.79 Å². The van der Waals surface area contributed by atoms with Gasteiger partial charge in [0.1, 0.15) is 5.75 Å². The monoisotopic (exact) mass is 376 g/mol. The Kier molecular flexibility index (Phi) is 7.49. The SMILES string of the molecule is CC(Oc1ccc(Br)cc1)C(=O)NC1CCCNC1C.Cl. The third-order valence-corrected chi connectivity index (χ3v) is 4.11. The van der Waals surface area contributed by atoms with E-state index in [1.807, 2.05) is 24.3 Å². The predicted molar refractivity (Wildman–Crippen MR) is 90.1 cm³/mol. The third kappa shape index (κ3) is 5.49. The molecule has 1 aromatic rings. The fourth-order valence-corrected chi connectivity index (χ4v) is 2.58. The van der Waals surface area contributed by atoms with E-state index in [9.17, 15) is 4.79 Å². The van der Waals surface area contributed by atoms with E-state index in [4.69, 9.17) is 4.74 Å². The Hall–Kier alpha value is -0.780. The standard InChI is InChI=1S/C15H21BrN2O2.ClH/c1-10-14(4-3-9-17-10)18-15(19)11(2)20-13-7-5-12(16)6-8-13;/h5-8,10-11,14,17H,3-4,9H2,1-2H3,(H,18,19);1H. The minimum atomic E-state index is -0.495. The van der Waals surface area contributed by atoms with Gasteiger partial charge in [-0.25, -0.2) is 0 Å². The van der Waals surface area contributed by atoms with Gasteiger partial charge < -0.3 is 15.4 Å². The minimum absolute atomic E-state index is 0. The number of halogens is 2. The Morgan fingerprint density at radius 2 is 2.10 bits per heavy atom. The highest BCUT2D eigenvalue weighted by atomic mass is 79.9. The quantitative estimate of drug-likeness (QED) is 0.848. The lowest BCUT2D eigenvalue weighted by Crippen LogP contribution is -2.54. The summed E-state index contributed by atoms with van der Waals surface area (Å²) >= 11 is 3.37. The average Bonchev–Trinajstić information content (AvgIpc) is 2.44. The van der Waals surface area contributed by atoms with Crippen molar-refractivity contribution >= 4 is 34.2 Å². The molecule has 0 spiro atoms. The molecule has 0 saturated carbocycles. The van der Waals surface area contributed by atoms with Crippen molar-refractivity contribution in [3.05, 3.63) is 28.7 Å². The van der Waals surface area contributed by atoms with E-state index in [1.54, 1.807) is 6.92 Å². The van der Waals surface area contributed by atoms with Crippen molar-refractivity contribution in [1.29, 1.82) is 0 Å². The summed E-state index contributed by atoms with van der Waals surface area (Å²) in [6.07, 6.45) is 1.62. The molecule has 1 aromatic carbocycles. The molecule has 21 heavy (non-hydrogen) atoms. The maximum atomic E-state index is 12.2. The predicted octanol–water partition coefficient (Wildman–Crippen LogP) is 2.89. The van der Waals surface area contributed by atoms with Crippen LogP contribution in [-0.4, -0.2) is 30.6 Å². The van der Waals surface area contributed by atoms with E-state index in [0.717, 1.165) is 23.9 Å². The van der Waals surface area contributed by atoms with Crippen molar-refractivity contribution in [3.8, 4) is 5.75 Å². The summed E-state index contributed by atoms with van der Waals surface area (Å²) in [6.45, 7) is 4.90. The normalized spacial score (nSPS) is 22.8. The van der Waals surface area contributed by atoms with Crippen LogP contribution in [0.25, 0.3) is 0 Å². The Morgan fingerprint density at radius 1 is 1.43 bits per heavy atom. The van der Waals surface area contributed by atoms with Crippen molar-refractivity contribution < 1.29 is 9.53 Å². The van der Waals surface area contributed by atoms with Crippen LogP contribution in [0.5, 0.6) is 5.75 Å². The zero-order valence-electron chi connectivity index (χ0n) is 12.3. The number of ether oxygens (including phenoxy) is 1. The highest BCUT2D eigenvalue weighted by molar-refractivity contribution is 9.10. The lowest BCUT2D eigenvalue weighted by molar-refractivity contribution is -0.128. The van der Waals surface area contributed by atoms with Gasteiger partial charge in [0.25, 0.3) is 5.91 Å². The van der Waals surface area contributed by atoms with Crippen molar-refractivity contribution in [1.82, 2.24) is 10.6 Å². The molecule has 118 valence electrons. The number of carbonyl (C=O) groups excluding carboxylic acids is 1. The lowest BCUT2D eigenvalue weighted by Gasteiger charge is -2.31. The van der Waals surface area contributed by atoms with E-state index in [-0.39, 0.29) is 24.4 Å². The summed E-state index contributed by atoms with van der Waals surface area (Å²) in [4.78, 5) is 12.2. The second-order valence-corrected chi connectivity index (χ2v) is 6.13. The number of hydrogen-bond acceptors (Lipinski definition) is 3. The lowest BCUT2D eigenvalue weighted by atomic mass is 10.00. The number of carbonyl (C=O) groups is 1. The van der Waals surface area contributed by atoms with E-state index in [0.29, 0.717) is 11.8 Å². The Bertz CT molecular complexity index is 455. The number of nitrogens with one attached hydrogen (secondary N) is 2. The number of hydrogen-bond donors (Lipinski definition) is 2. The van der Waals surface area contributed by atoms with Gasteiger partial charge in [-0.2, -0.15) is 0 Å². The molecule has 2 N–H and O–H groups in total. The maximum Gasteiger partial charge on any atom is 0.261 e. The molecule has 6 heteroatoms. The fourth-order valence-electron chi connectivity index (χ4n) is 2.31. The summed E-state index contributed by atoms with van der Waals surface area (Å²) in [6, 6.07) is 7.98. The van der Waals surface area contributed by atoms with E-state index >= 15 is 0 Å². The molecule has 3 unspecified atom stereocenters. The smallest absolute Gasteiger partial charge is 0.261 e. The summed E-state index contributed by atoms with van der Waals surface area (Å²) in [7, 11) is 0. The van der Waals surface area contributed by atoms with Gasteiger partial charge >= 0.3 is 0 Å². The number of piperidine rings is 1. The molecule has 1 saturated heterocycles. The third-order valence-electron chi connectivity index (χ3n) is 3.59. The van der Waals surface area contributed by atoms with Gasteiger partial charge in [0.05, 0.1) is 0 Å². The van der Waals surface area contributed by atoms with Crippen LogP contribution < -0.4 is 15.4 Å². The molecular weight excluding hydrogens is 356 g/mol. The van der Waals surface area contributed by atoms with Gasteiger partial charge in [0, 0.05) is 16.6 Å². The minimum Gasteiger partial charge on any atom is -0.481 e. The highest BCUT2D eigenvalue weighted by Crippen LogP contribution is 2.17. The molecule has 1 heterocycles. The van der Waals surface area contributed by atoms with Crippen LogP contribution >= 0.6 is 28.3 Å². The second-order valence-electron chi connectivity index (χ2n) is 5.21. The van der Waals surface area contributed by atoms with Crippen molar-refractivity contribution in [2.24, 2.45) is 0 Å². The van der Waals surface area contributed by atoms with Gasteiger partial charge in [0.15, 0.2) is 6.10 Å². The van der Waals surface area contributed by atoms with Crippen LogP contribution in [0.15, 0.2) is 28.7 Å². The highest BCUT2D eigenvalue weighted by Gasteiger charge is 2.25. The first-order valence-corrected chi connectivity index (χ1v) is 7.81. The van der Waals surface area contributed by atoms with Gasteiger partial charge in [-0.1, -0.05) is 15.9 Å². The number of benzene rings is 1. The molecular formula is C15H22BrClN2O2. The maximum absolute atomic E-state index is 12.2. The molecule has 1 aliphatic rings. The zero-order valence-corrected chi connectivity index (χ0v) is 14.7. The first kappa shape index (κ1) is 18.3. The molecule has 1 aliphatic heterocycles. The number of amides is 1. The van der Waals surface area contributed by atoms with Crippen molar-refractivity contribution in [2.75, 3.05) is 6.54 Å².